The summed E-state index contributed by atoms with van der Waals surface area (Å²) in [5.41, 5.74) is 3.33. The predicted molar refractivity (Wildman–Crippen MR) is 166 cm³/mol. The number of thiophene rings is 1. The van der Waals surface area contributed by atoms with Crippen molar-refractivity contribution >= 4 is 33.1 Å². The van der Waals surface area contributed by atoms with Gasteiger partial charge in [0.2, 0.25) is 5.91 Å². The van der Waals surface area contributed by atoms with Gasteiger partial charge < -0.3 is 19.3 Å². The van der Waals surface area contributed by atoms with E-state index in [9.17, 15) is 9.18 Å². The molecule has 1 amide bonds. The van der Waals surface area contributed by atoms with Gasteiger partial charge in [0, 0.05) is 84.9 Å². The van der Waals surface area contributed by atoms with Crippen LogP contribution in [0, 0.1) is 5.82 Å². The Morgan fingerprint density at radius 2 is 2.05 bits per heavy atom. The zero-order valence-corrected chi connectivity index (χ0v) is 25.1. The maximum atomic E-state index is 14.5. The van der Waals surface area contributed by atoms with Crippen molar-refractivity contribution in [1.82, 2.24) is 24.6 Å². The summed E-state index contributed by atoms with van der Waals surface area (Å²) in [7, 11) is 1.61. The van der Waals surface area contributed by atoms with Crippen molar-refractivity contribution in [3.63, 3.8) is 0 Å². The smallest absolute Gasteiger partial charge is 0.246 e. The number of anilines is 1. The van der Waals surface area contributed by atoms with E-state index in [1.54, 1.807) is 29.4 Å². The highest BCUT2D eigenvalue weighted by Gasteiger charge is 2.34. The van der Waals surface area contributed by atoms with Crippen LogP contribution in [0.1, 0.15) is 18.9 Å². The molecule has 3 aromatic heterocycles. The van der Waals surface area contributed by atoms with Crippen molar-refractivity contribution in [1.29, 1.82) is 0 Å². The van der Waals surface area contributed by atoms with E-state index in [4.69, 9.17) is 19.6 Å². The summed E-state index contributed by atoms with van der Waals surface area (Å²) in [5.74, 6) is 0.993. The third kappa shape index (κ3) is 5.19. The molecule has 11 heteroatoms. The van der Waals surface area contributed by atoms with Gasteiger partial charge in [-0.1, -0.05) is 6.58 Å². The Balaban J connectivity index is 1.34. The number of amides is 1. The number of benzene rings is 1. The second-order valence-corrected chi connectivity index (χ2v) is 12.3. The number of hydrogen-bond acceptors (Lipinski definition) is 8. The molecule has 3 aliphatic rings. The Morgan fingerprint density at radius 1 is 1.16 bits per heavy atom. The third-order valence-corrected chi connectivity index (χ3v) is 9.76. The summed E-state index contributed by atoms with van der Waals surface area (Å²) < 4.78 is 28.8. The SMILES string of the molecule is C=CC(=O)N1CC(n2cc(-c3nc(N4CCN5CCCC5C4)c4ccsc4c3-c3ccc(F)cc3OCCOC)cn2)C1. The summed E-state index contributed by atoms with van der Waals surface area (Å²) in [5, 5.41) is 7.90. The van der Waals surface area contributed by atoms with Gasteiger partial charge in [-0.3, -0.25) is 14.4 Å². The lowest BCUT2D eigenvalue weighted by Crippen LogP contribution is -2.50. The van der Waals surface area contributed by atoms with Gasteiger partial charge in [0.25, 0.3) is 0 Å². The molecule has 9 nitrogen and oxygen atoms in total. The topological polar surface area (TPSA) is 76.0 Å². The highest BCUT2D eigenvalue weighted by molar-refractivity contribution is 7.18. The number of hydrogen-bond donors (Lipinski definition) is 0. The monoisotopic (exact) mass is 602 g/mol. The Morgan fingerprint density at radius 3 is 2.88 bits per heavy atom. The Labute approximate surface area is 254 Å². The number of nitrogens with zero attached hydrogens (tertiary/aromatic N) is 6. The Bertz CT molecular complexity index is 1660. The van der Waals surface area contributed by atoms with Crippen LogP contribution < -0.4 is 9.64 Å². The largest absolute Gasteiger partial charge is 0.490 e. The molecular weight excluding hydrogens is 567 g/mol. The van der Waals surface area contributed by atoms with E-state index in [1.807, 2.05) is 17.1 Å². The van der Waals surface area contributed by atoms with Gasteiger partial charge in [0.05, 0.1) is 24.5 Å². The average Bonchev–Trinajstić information content (AvgIpc) is 3.77. The normalized spacial score (nSPS) is 19.1. The van der Waals surface area contributed by atoms with E-state index >= 15 is 0 Å². The lowest BCUT2D eigenvalue weighted by atomic mass is 9.98. The van der Waals surface area contributed by atoms with E-state index in [2.05, 4.69) is 27.8 Å². The molecule has 43 heavy (non-hydrogen) atoms. The van der Waals surface area contributed by atoms with Crippen molar-refractivity contribution in [3.05, 3.63) is 60.5 Å². The summed E-state index contributed by atoms with van der Waals surface area (Å²) in [6.07, 6.45) is 7.66. The first-order valence-electron chi connectivity index (χ1n) is 14.8. The zero-order valence-electron chi connectivity index (χ0n) is 24.2. The summed E-state index contributed by atoms with van der Waals surface area (Å²) in [4.78, 5) is 24.2. The fourth-order valence-electron chi connectivity index (χ4n) is 6.54. The van der Waals surface area contributed by atoms with Crippen molar-refractivity contribution < 1.29 is 18.7 Å². The minimum atomic E-state index is -0.365. The van der Waals surface area contributed by atoms with Gasteiger partial charge in [0.15, 0.2) is 0 Å². The highest BCUT2D eigenvalue weighted by Crippen LogP contribution is 2.46. The first kappa shape index (κ1) is 28.0. The van der Waals surface area contributed by atoms with Gasteiger partial charge in [-0.25, -0.2) is 9.37 Å². The highest BCUT2D eigenvalue weighted by atomic mass is 32.1. The van der Waals surface area contributed by atoms with Gasteiger partial charge in [-0.15, -0.1) is 11.3 Å². The van der Waals surface area contributed by atoms with Crippen molar-refractivity contribution in [2.75, 3.05) is 64.5 Å². The van der Waals surface area contributed by atoms with Crippen LogP contribution in [0.2, 0.25) is 0 Å². The van der Waals surface area contributed by atoms with Crippen LogP contribution in [0.5, 0.6) is 5.75 Å². The molecule has 0 spiro atoms. The molecule has 0 N–H and O–H groups in total. The number of carbonyl (C=O) groups excluding carboxylic acids is 1. The van der Waals surface area contributed by atoms with Crippen LogP contribution in [-0.2, 0) is 9.53 Å². The van der Waals surface area contributed by atoms with Crippen LogP contribution >= 0.6 is 11.3 Å². The minimum absolute atomic E-state index is 0.0694. The van der Waals surface area contributed by atoms with Gasteiger partial charge >= 0.3 is 0 Å². The second-order valence-electron chi connectivity index (χ2n) is 11.4. The van der Waals surface area contributed by atoms with Gasteiger partial charge in [-0.2, -0.15) is 5.10 Å². The first-order valence-corrected chi connectivity index (χ1v) is 15.7. The Kier molecular flexibility index (Phi) is 7.62. The molecule has 1 atom stereocenters. The van der Waals surface area contributed by atoms with Crippen LogP contribution in [-0.4, -0.2) is 96.1 Å². The number of rotatable bonds is 9. The van der Waals surface area contributed by atoms with Crippen LogP contribution in [0.15, 0.2) is 54.7 Å². The fraction of sp³-hybridized carbons (Fsp3) is 0.406. The Hall–Kier alpha value is -3.80. The molecule has 0 saturated carbocycles. The average molecular weight is 603 g/mol. The molecule has 3 aliphatic heterocycles. The lowest BCUT2D eigenvalue weighted by Gasteiger charge is -2.38. The van der Waals surface area contributed by atoms with Crippen molar-refractivity contribution in [2.24, 2.45) is 0 Å². The number of likely N-dealkylation sites (tertiary alicyclic amines) is 1. The molecule has 1 aromatic carbocycles. The molecule has 3 saturated heterocycles. The van der Waals surface area contributed by atoms with E-state index in [0.29, 0.717) is 38.1 Å². The first-order chi connectivity index (χ1) is 21.0. The maximum Gasteiger partial charge on any atom is 0.246 e. The van der Waals surface area contributed by atoms with Gasteiger partial charge in [0.1, 0.15) is 24.0 Å². The number of aromatic nitrogens is 3. The molecule has 4 aromatic rings. The number of carbonyl (C=O) groups is 1. The van der Waals surface area contributed by atoms with E-state index in [1.165, 1.54) is 37.6 Å². The molecule has 7 rings (SSSR count). The number of ether oxygens (including phenoxy) is 2. The lowest BCUT2D eigenvalue weighted by molar-refractivity contribution is -0.131. The van der Waals surface area contributed by atoms with E-state index < -0.39 is 0 Å². The summed E-state index contributed by atoms with van der Waals surface area (Å²) in [6.45, 7) is 9.54. The molecule has 6 heterocycles. The van der Waals surface area contributed by atoms with E-state index in [0.717, 1.165) is 57.9 Å². The maximum absolute atomic E-state index is 14.5. The van der Waals surface area contributed by atoms with Crippen LogP contribution in [0.25, 0.3) is 32.5 Å². The predicted octanol–water partition coefficient (Wildman–Crippen LogP) is 4.84. The molecule has 0 aliphatic carbocycles. The number of methoxy groups -OCH3 is 1. The minimum Gasteiger partial charge on any atom is -0.490 e. The summed E-state index contributed by atoms with van der Waals surface area (Å²) in [6, 6.07) is 7.47. The number of piperazine rings is 1. The quantitative estimate of drug-likeness (QED) is 0.200. The standard InChI is InChI=1S/C32H35FN6O3S/c1-3-28(40)38-19-24(20-38)39-17-21(16-34-39)30-29(25-7-6-22(33)15-27(25)42-13-12-41-2)31-26(8-14-43-31)32(35-30)37-11-10-36-9-4-5-23(36)18-37/h3,6-8,14-17,23-24H,1,4-5,9-13,18-20H2,2H3. The molecule has 3 fully saturated rings. The number of pyridine rings is 1. The van der Waals surface area contributed by atoms with Crippen molar-refractivity contribution in [3.8, 4) is 28.1 Å². The van der Waals surface area contributed by atoms with Crippen LogP contribution in [0.4, 0.5) is 10.2 Å². The fourth-order valence-corrected chi connectivity index (χ4v) is 7.49. The molecule has 224 valence electrons. The van der Waals surface area contributed by atoms with Gasteiger partial charge in [-0.05, 0) is 49.0 Å². The van der Waals surface area contributed by atoms with Crippen LogP contribution in [0.3, 0.4) is 0 Å². The summed E-state index contributed by atoms with van der Waals surface area (Å²) >= 11 is 1.66. The second kappa shape index (κ2) is 11.7. The molecule has 0 bridgehead atoms. The van der Waals surface area contributed by atoms with Crippen molar-refractivity contribution in [2.45, 2.75) is 24.9 Å². The molecule has 1 unspecified atom stereocenters. The third-order valence-electron chi connectivity index (χ3n) is 8.83. The number of halogens is 1. The molecular formula is C32H35FN6O3S. The van der Waals surface area contributed by atoms with E-state index in [-0.39, 0.29) is 17.8 Å². The zero-order chi connectivity index (χ0) is 29.5. The number of fused-ring (bicyclic) bond motifs is 2. The molecule has 0 radical (unpaired) electrons.